The number of ether oxygens (including phenoxy) is 1. The molecule has 0 saturated heterocycles. The van der Waals surface area contributed by atoms with Crippen molar-refractivity contribution < 1.29 is 27.5 Å². The summed E-state index contributed by atoms with van der Waals surface area (Å²) < 4.78 is 41.7. The summed E-state index contributed by atoms with van der Waals surface area (Å²) in [5.74, 6) is -1.50. The summed E-state index contributed by atoms with van der Waals surface area (Å²) in [6.07, 6.45) is -4.85. The van der Waals surface area contributed by atoms with Crippen LogP contribution in [0.25, 0.3) is 5.57 Å². The van der Waals surface area contributed by atoms with E-state index in [0.29, 0.717) is 5.56 Å². The molecule has 0 fully saturated rings. The summed E-state index contributed by atoms with van der Waals surface area (Å²) in [5, 5.41) is 2.83. The molecule has 0 bridgehead atoms. The molecule has 3 aromatic carbocycles. The third-order valence-corrected chi connectivity index (χ3v) is 4.75. The zero-order valence-corrected chi connectivity index (χ0v) is 16.6. The molecule has 0 spiro atoms. The third-order valence-electron chi connectivity index (χ3n) is 4.75. The summed E-state index contributed by atoms with van der Waals surface area (Å²) in [7, 11) is 0. The number of rotatable bonds is 6. The first-order valence-electron chi connectivity index (χ1n) is 9.64. The van der Waals surface area contributed by atoms with Crippen LogP contribution in [0.2, 0.25) is 0 Å². The second-order valence-electron chi connectivity index (χ2n) is 7.00. The Labute approximate surface area is 181 Å². The predicted molar refractivity (Wildman–Crippen MR) is 112 cm³/mol. The van der Waals surface area contributed by atoms with Crippen molar-refractivity contribution in [3.63, 3.8) is 0 Å². The molecule has 3 aromatic rings. The maximum atomic E-state index is 13.2. The van der Waals surface area contributed by atoms with Crippen molar-refractivity contribution >= 4 is 23.1 Å². The quantitative estimate of drug-likeness (QED) is 0.552. The minimum absolute atomic E-state index is 0.0127. The number of benzene rings is 3. The lowest BCUT2D eigenvalue weighted by molar-refractivity contribution is -0.274. The number of nitrogens with zero attached hydrogens (tertiary/aromatic N) is 1. The van der Waals surface area contributed by atoms with Gasteiger partial charge in [-0.1, -0.05) is 66.7 Å². The lowest BCUT2D eigenvalue weighted by atomic mass is 10.0. The molecule has 2 amide bonds. The summed E-state index contributed by atoms with van der Waals surface area (Å²) in [6.45, 7) is 0.0667. The van der Waals surface area contributed by atoms with Crippen molar-refractivity contribution in [1.29, 1.82) is 0 Å². The minimum atomic E-state index is -4.85. The number of hydrogen-bond acceptors (Lipinski definition) is 4. The number of halogens is 3. The van der Waals surface area contributed by atoms with Gasteiger partial charge >= 0.3 is 6.36 Å². The van der Waals surface area contributed by atoms with E-state index in [1.54, 1.807) is 54.6 Å². The third kappa shape index (κ3) is 4.64. The van der Waals surface area contributed by atoms with Gasteiger partial charge in [0.15, 0.2) is 0 Å². The maximum Gasteiger partial charge on any atom is 0.573 e. The first-order valence-corrected chi connectivity index (χ1v) is 9.64. The number of hydrogen-bond donors (Lipinski definition) is 1. The standard InChI is InChI=1S/C24H17F3N2O3/c25-24(26,27)32-19-13-7-12-18(14-19)28-21-20(17-10-5-2-6-11-17)22(30)29(23(21)31)15-16-8-3-1-4-9-16/h1-14,28H,15H2. The Bertz CT molecular complexity index is 1180. The molecule has 1 N–H and O–H groups in total. The number of amides is 2. The van der Waals surface area contributed by atoms with Crippen LogP contribution in [0.15, 0.2) is 90.6 Å². The van der Waals surface area contributed by atoms with Gasteiger partial charge in [-0.15, -0.1) is 13.2 Å². The lowest BCUT2D eigenvalue weighted by Crippen LogP contribution is -2.32. The molecule has 1 heterocycles. The van der Waals surface area contributed by atoms with E-state index in [9.17, 15) is 22.8 Å². The largest absolute Gasteiger partial charge is 0.573 e. The van der Waals surface area contributed by atoms with Crippen molar-refractivity contribution in [3.05, 3.63) is 102 Å². The molecule has 32 heavy (non-hydrogen) atoms. The van der Waals surface area contributed by atoms with Gasteiger partial charge in [0.1, 0.15) is 11.4 Å². The van der Waals surface area contributed by atoms with Gasteiger partial charge in [-0.25, -0.2) is 0 Å². The molecule has 0 aromatic heterocycles. The molecule has 5 nitrogen and oxygen atoms in total. The zero-order chi connectivity index (χ0) is 22.7. The van der Waals surface area contributed by atoms with E-state index in [2.05, 4.69) is 10.1 Å². The second kappa shape index (κ2) is 8.58. The summed E-state index contributed by atoms with van der Waals surface area (Å²) in [6, 6.07) is 22.7. The molecule has 162 valence electrons. The Hall–Kier alpha value is -4.07. The van der Waals surface area contributed by atoms with Crippen LogP contribution >= 0.6 is 0 Å². The highest BCUT2D eigenvalue weighted by Crippen LogP contribution is 2.32. The second-order valence-corrected chi connectivity index (χ2v) is 7.00. The number of nitrogens with one attached hydrogen (secondary N) is 1. The van der Waals surface area contributed by atoms with E-state index in [1.165, 1.54) is 12.1 Å². The molecule has 4 rings (SSSR count). The van der Waals surface area contributed by atoms with Gasteiger partial charge in [-0.2, -0.15) is 0 Å². The number of carbonyl (C=O) groups excluding carboxylic acids is 2. The molecule has 8 heteroatoms. The van der Waals surface area contributed by atoms with Crippen molar-refractivity contribution in [2.24, 2.45) is 0 Å². The molecule has 0 atom stereocenters. The first-order chi connectivity index (χ1) is 15.3. The highest BCUT2D eigenvalue weighted by Gasteiger charge is 2.39. The van der Waals surface area contributed by atoms with Crippen LogP contribution in [0.4, 0.5) is 18.9 Å². The van der Waals surface area contributed by atoms with Crippen molar-refractivity contribution in [1.82, 2.24) is 4.90 Å². The molecule has 0 aliphatic carbocycles. The molecule has 0 radical (unpaired) electrons. The number of anilines is 1. The zero-order valence-electron chi connectivity index (χ0n) is 16.6. The molecule has 0 unspecified atom stereocenters. The topological polar surface area (TPSA) is 58.6 Å². The summed E-state index contributed by atoms with van der Waals surface area (Å²) in [5.41, 5.74) is 1.60. The average molecular weight is 438 g/mol. The van der Waals surface area contributed by atoms with Crippen LogP contribution in [0.5, 0.6) is 5.75 Å². The fourth-order valence-corrected chi connectivity index (χ4v) is 3.39. The van der Waals surface area contributed by atoms with Crippen molar-refractivity contribution in [3.8, 4) is 5.75 Å². The first kappa shape index (κ1) is 21.2. The minimum Gasteiger partial charge on any atom is -0.406 e. The highest BCUT2D eigenvalue weighted by molar-refractivity contribution is 6.36. The van der Waals surface area contributed by atoms with E-state index in [-0.39, 0.29) is 23.5 Å². The van der Waals surface area contributed by atoms with Crippen LogP contribution in [-0.2, 0) is 16.1 Å². The van der Waals surface area contributed by atoms with Crippen LogP contribution in [-0.4, -0.2) is 23.1 Å². The van der Waals surface area contributed by atoms with Gasteiger partial charge < -0.3 is 10.1 Å². The normalized spacial score (nSPS) is 14.2. The van der Waals surface area contributed by atoms with Gasteiger partial charge in [0, 0.05) is 11.8 Å². The van der Waals surface area contributed by atoms with E-state index in [0.717, 1.165) is 22.6 Å². The van der Waals surface area contributed by atoms with Crippen molar-refractivity contribution in [2.45, 2.75) is 12.9 Å². The SMILES string of the molecule is O=C1C(Nc2cccc(OC(F)(F)F)c2)=C(c2ccccc2)C(=O)N1Cc1ccccc1. The van der Waals surface area contributed by atoms with Crippen molar-refractivity contribution in [2.75, 3.05) is 5.32 Å². The number of imide groups is 1. The molecular formula is C24H17F3N2O3. The van der Waals surface area contributed by atoms with Gasteiger partial charge in [0.05, 0.1) is 12.1 Å². The molecule has 1 aliphatic rings. The number of alkyl halides is 3. The molecular weight excluding hydrogens is 421 g/mol. The average Bonchev–Trinajstić information content (AvgIpc) is 2.98. The lowest BCUT2D eigenvalue weighted by Gasteiger charge is -2.15. The summed E-state index contributed by atoms with van der Waals surface area (Å²) >= 11 is 0. The predicted octanol–water partition coefficient (Wildman–Crippen LogP) is 4.98. The molecule has 1 aliphatic heterocycles. The fourth-order valence-electron chi connectivity index (χ4n) is 3.39. The Morgan fingerprint density at radius 3 is 2.12 bits per heavy atom. The maximum absolute atomic E-state index is 13.2. The van der Waals surface area contributed by atoms with Crippen LogP contribution in [0, 0.1) is 0 Å². The van der Waals surface area contributed by atoms with Gasteiger partial charge in [-0.05, 0) is 23.3 Å². The fraction of sp³-hybridized carbons (Fsp3) is 0.0833. The highest BCUT2D eigenvalue weighted by atomic mass is 19.4. The smallest absolute Gasteiger partial charge is 0.406 e. The molecule has 0 saturated carbocycles. The van der Waals surface area contributed by atoms with Gasteiger partial charge in [0.25, 0.3) is 11.8 Å². The van der Waals surface area contributed by atoms with Crippen LogP contribution in [0.1, 0.15) is 11.1 Å². The van der Waals surface area contributed by atoms with Crippen LogP contribution in [0.3, 0.4) is 0 Å². The Balaban J connectivity index is 1.69. The number of carbonyl (C=O) groups is 2. The van der Waals surface area contributed by atoms with Gasteiger partial charge in [-0.3, -0.25) is 14.5 Å². The van der Waals surface area contributed by atoms with Crippen LogP contribution < -0.4 is 10.1 Å². The van der Waals surface area contributed by atoms with E-state index >= 15 is 0 Å². The van der Waals surface area contributed by atoms with E-state index in [4.69, 9.17) is 0 Å². The Morgan fingerprint density at radius 2 is 1.47 bits per heavy atom. The summed E-state index contributed by atoms with van der Waals surface area (Å²) in [4.78, 5) is 27.5. The monoisotopic (exact) mass is 438 g/mol. The van der Waals surface area contributed by atoms with E-state index in [1.807, 2.05) is 6.07 Å². The van der Waals surface area contributed by atoms with E-state index < -0.39 is 23.9 Å². The Morgan fingerprint density at radius 1 is 0.812 bits per heavy atom. The Kier molecular flexibility index (Phi) is 5.68. The van der Waals surface area contributed by atoms with Gasteiger partial charge in [0.2, 0.25) is 0 Å².